The van der Waals surface area contributed by atoms with E-state index in [9.17, 15) is 0 Å². The van der Waals surface area contributed by atoms with Gasteiger partial charge in [-0.25, -0.2) is 0 Å². The first-order valence-electron chi connectivity index (χ1n) is 16.3. The first-order valence-corrected chi connectivity index (χ1v) is 16.3. The molecule has 0 radical (unpaired) electrons. The Hall–Kier alpha value is -5.86. The number of rotatable bonds is 2. The lowest BCUT2D eigenvalue weighted by atomic mass is 9.70. The van der Waals surface area contributed by atoms with Crippen LogP contribution in [-0.2, 0) is 5.41 Å². The molecule has 3 aliphatic rings. The van der Waals surface area contributed by atoms with Gasteiger partial charge in [0.2, 0.25) is 0 Å². The second kappa shape index (κ2) is 9.57. The summed E-state index contributed by atoms with van der Waals surface area (Å²) in [5.74, 6) is 1.73. The van der Waals surface area contributed by atoms with Gasteiger partial charge in [-0.1, -0.05) is 115 Å². The molecule has 0 fully saturated rings. The number of anilines is 3. The van der Waals surface area contributed by atoms with Gasteiger partial charge in [-0.3, -0.25) is 0 Å². The van der Waals surface area contributed by atoms with E-state index in [-0.39, 0.29) is 5.41 Å². The summed E-state index contributed by atoms with van der Waals surface area (Å²) in [7, 11) is 0. The molecule has 0 aromatic heterocycles. The number of hydrogen-bond donors (Lipinski definition) is 0. The fourth-order valence-corrected chi connectivity index (χ4v) is 8.34. The summed E-state index contributed by atoms with van der Waals surface area (Å²) < 4.78 is 6.68. The molecule has 10 rings (SSSR count). The number of aryl methyl sites for hydroxylation is 2. The highest BCUT2D eigenvalue weighted by Gasteiger charge is 2.51. The molecule has 1 heterocycles. The van der Waals surface area contributed by atoms with Gasteiger partial charge >= 0.3 is 0 Å². The highest BCUT2D eigenvalue weighted by Crippen LogP contribution is 2.63. The van der Waals surface area contributed by atoms with Crippen LogP contribution >= 0.6 is 0 Å². The van der Waals surface area contributed by atoms with E-state index in [1.54, 1.807) is 0 Å². The fraction of sp³-hybridized carbons (Fsp3) is 0.0667. The van der Waals surface area contributed by atoms with Gasteiger partial charge in [0.25, 0.3) is 0 Å². The fourth-order valence-electron chi connectivity index (χ4n) is 8.34. The molecular weight excluding hydrogens is 571 g/mol. The van der Waals surface area contributed by atoms with Crippen molar-refractivity contribution >= 4 is 17.1 Å². The lowest BCUT2D eigenvalue weighted by Gasteiger charge is -2.33. The van der Waals surface area contributed by atoms with Crippen LogP contribution in [0.25, 0.3) is 33.4 Å². The van der Waals surface area contributed by atoms with Crippen molar-refractivity contribution in [1.29, 1.82) is 0 Å². The third-order valence-electron chi connectivity index (χ3n) is 10.4. The second-order valence-corrected chi connectivity index (χ2v) is 13.1. The predicted octanol–water partition coefficient (Wildman–Crippen LogP) is 11.9. The predicted molar refractivity (Wildman–Crippen MR) is 192 cm³/mol. The van der Waals surface area contributed by atoms with Gasteiger partial charge in [-0.15, -0.1) is 0 Å². The first-order chi connectivity index (χ1) is 23.1. The van der Waals surface area contributed by atoms with Crippen LogP contribution in [0.5, 0.6) is 11.5 Å². The van der Waals surface area contributed by atoms with Crippen LogP contribution in [0.15, 0.2) is 152 Å². The van der Waals surface area contributed by atoms with Crippen LogP contribution in [0.1, 0.15) is 33.4 Å². The lowest BCUT2D eigenvalue weighted by molar-refractivity contribution is 0.477. The van der Waals surface area contributed by atoms with Crippen LogP contribution in [-0.4, -0.2) is 0 Å². The molecular formula is C45H31NO. The summed E-state index contributed by atoms with van der Waals surface area (Å²) in [5, 5.41) is 0. The van der Waals surface area contributed by atoms with Gasteiger partial charge in [0, 0.05) is 5.69 Å². The molecule has 7 aromatic carbocycles. The summed E-state index contributed by atoms with van der Waals surface area (Å²) >= 11 is 0. The Morgan fingerprint density at radius 2 is 0.915 bits per heavy atom. The molecule has 2 nitrogen and oxygen atoms in total. The van der Waals surface area contributed by atoms with Crippen molar-refractivity contribution in [3.63, 3.8) is 0 Å². The van der Waals surface area contributed by atoms with Crippen molar-refractivity contribution in [2.75, 3.05) is 4.90 Å². The number of fused-ring (bicyclic) bond motifs is 12. The molecule has 0 unspecified atom stereocenters. The van der Waals surface area contributed by atoms with Crippen LogP contribution in [0.4, 0.5) is 17.1 Å². The maximum Gasteiger partial charge on any atom is 0.152 e. The zero-order valence-electron chi connectivity index (χ0n) is 26.3. The zero-order valence-corrected chi connectivity index (χ0v) is 26.3. The molecule has 7 aromatic rings. The Morgan fingerprint density at radius 1 is 0.426 bits per heavy atom. The Kier molecular flexibility index (Phi) is 5.37. The smallest absolute Gasteiger partial charge is 0.152 e. The third-order valence-corrected chi connectivity index (χ3v) is 10.4. The van der Waals surface area contributed by atoms with Crippen molar-refractivity contribution in [3.05, 3.63) is 185 Å². The molecule has 47 heavy (non-hydrogen) atoms. The standard InChI is InChI=1S/C45H31NO/c1-28-15-20-32(21-16-28)46-41-23-17-29(2)25-43(41)47-44-27-31(19-24-42(44)46)30-18-22-36-35-11-5-8-14-39(35)45(40(36)26-30)37-12-6-3-9-33(37)34-10-4-7-13-38(34)45/h3-27H,1-2H3. The monoisotopic (exact) mass is 601 g/mol. The molecule has 0 atom stereocenters. The average molecular weight is 602 g/mol. The van der Waals surface area contributed by atoms with Crippen molar-refractivity contribution < 1.29 is 4.74 Å². The Bertz CT molecular complexity index is 2350. The zero-order chi connectivity index (χ0) is 31.3. The number of nitrogens with zero attached hydrogens (tertiary/aromatic N) is 1. The summed E-state index contributed by atoms with van der Waals surface area (Å²) in [6.45, 7) is 4.24. The summed E-state index contributed by atoms with van der Waals surface area (Å²) in [5.41, 5.74) is 18.3. The van der Waals surface area contributed by atoms with Crippen LogP contribution in [0, 0.1) is 13.8 Å². The van der Waals surface area contributed by atoms with E-state index in [4.69, 9.17) is 4.74 Å². The molecule has 2 heteroatoms. The van der Waals surface area contributed by atoms with Gasteiger partial charge in [-0.05, 0) is 118 Å². The minimum atomic E-state index is -0.363. The normalized spacial score (nSPS) is 14.0. The SMILES string of the molecule is Cc1ccc(N2c3ccc(C)cc3Oc3cc(-c4ccc5c(c4)C4(c6ccccc6-c6ccccc64)c4ccccc4-5)ccc32)cc1. The second-order valence-electron chi connectivity index (χ2n) is 13.1. The summed E-state index contributed by atoms with van der Waals surface area (Å²) in [4.78, 5) is 2.32. The van der Waals surface area contributed by atoms with Crippen LogP contribution in [0.2, 0.25) is 0 Å². The van der Waals surface area contributed by atoms with E-state index in [0.29, 0.717) is 0 Å². The Balaban J connectivity index is 1.17. The largest absolute Gasteiger partial charge is 0.453 e. The van der Waals surface area contributed by atoms with E-state index in [2.05, 4.69) is 170 Å². The van der Waals surface area contributed by atoms with E-state index in [1.807, 2.05) is 0 Å². The van der Waals surface area contributed by atoms with Crippen LogP contribution < -0.4 is 9.64 Å². The van der Waals surface area contributed by atoms with E-state index >= 15 is 0 Å². The molecule has 2 aliphatic carbocycles. The molecule has 0 amide bonds. The highest BCUT2D eigenvalue weighted by atomic mass is 16.5. The maximum absolute atomic E-state index is 6.68. The quantitative estimate of drug-likeness (QED) is 0.195. The Labute approximate surface area is 275 Å². The lowest BCUT2D eigenvalue weighted by Crippen LogP contribution is -2.25. The average Bonchev–Trinajstić information content (AvgIpc) is 3.58. The highest BCUT2D eigenvalue weighted by molar-refractivity contribution is 5.96. The minimum Gasteiger partial charge on any atom is -0.453 e. The van der Waals surface area contributed by atoms with Gasteiger partial charge < -0.3 is 9.64 Å². The van der Waals surface area contributed by atoms with E-state index in [0.717, 1.165) is 34.1 Å². The molecule has 0 saturated carbocycles. The minimum absolute atomic E-state index is 0.363. The Morgan fingerprint density at radius 3 is 1.55 bits per heavy atom. The number of ether oxygens (including phenoxy) is 1. The summed E-state index contributed by atoms with van der Waals surface area (Å²) in [6.07, 6.45) is 0. The number of benzene rings is 7. The van der Waals surface area contributed by atoms with Gasteiger partial charge in [0.1, 0.15) is 0 Å². The first kappa shape index (κ1) is 26.4. The third kappa shape index (κ3) is 3.56. The number of hydrogen-bond acceptors (Lipinski definition) is 2. The van der Waals surface area contributed by atoms with Gasteiger partial charge in [0.15, 0.2) is 11.5 Å². The maximum atomic E-state index is 6.68. The van der Waals surface area contributed by atoms with Crippen molar-refractivity contribution in [3.8, 4) is 44.9 Å². The van der Waals surface area contributed by atoms with Gasteiger partial charge in [0.05, 0.1) is 16.8 Å². The topological polar surface area (TPSA) is 12.5 Å². The molecule has 1 aliphatic heterocycles. The van der Waals surface area contributed by atoms with Crippen molar-refractivity contribution in [2.24, 2.45) is 0 Å². The van der Waals surface area contributed by atoms with Gasteiger partial charge in [-0.2, -0.15) is 0 Å². The molecule has 0 N–H and O–H groups in total. The van der Waals surface area contributed by atoms with E-state index < -0.39 is 0 Å². The van der Waals surface area contributed by atoms with Crippen molar-refractivity contribution in [1.82, 2.24) is 0 Å². The van der Waals surface area contributed by atoms with E-state index in [1.165, 1.54) is 61.2 Å². The molecule has 222 valence electrons. The molecule has 1 spiro atoms. The molecule has 0 bridgehead atoms. The molecule has 0 saturated heterocycles. The van der Waals surface area contributed by atoms with Crippen LogP contribution in [0.3, 0.4) is 0 Å². The summed E-state index contributed by atoms with van der Waals surface area (Å²) in [6, 6.07) is 55.8. The van der Waals surface area contributed by atoms with Crippen molar-refractivity contribution in [2.45, 2.75) is 19.3 Å².